The molecule has 18 heteroatoms. The predicted molar refractivity (Wildman–Crippen MR) is 230 cm³/mol. The summed E-state index contributed by atoms with van der Waals surface area (Å²) in [5.74, 6) is -5.93. The van der Waals surface area contributed by atoms with Gasteiger partial charge in [-0.05, 0) is 55.0 Å². The van der Waals surface area contributed by atoms with Crippen LogP contribution < -0.4 is 10.6 Å². The smallest absolute Gasteiger partial charge is 0.350 e. The van der Waals surface area contributed by atoms with Gasteiger partial charge >= 0.3 is 11.9 Å². The topological polar surface area (TPSA) is 236 Å². The van der Waals surface area contributed by atoms with Gasteiger partial charge in [0.15, 0.2) is 5.78 Å². The second-order valence-corrected chi connectivity index (χ2v) is 18.3. The van der Waals surface area contributed by atoms with Gasteiger partial charge < -0.3 is 54.7 Å². The van der Waals surface area contributed by atoms with Crippen LogP contribution in [0.3, 0.4) is 0 Å². The van der Waals surface area contributed by atoms with Crippen molar-refractivity contribution in [3.8, 4) is 0 Å². The minimum absolute atomic E-state index is 0. The normalized spacial score (nSPS) is 30.5. The van der Waals surface area contributed by atoms with Crippen LogP contribution in [0.5, 0.6) is 0 Å². The number of aliphatic hydroxyl groups excluding tert-OH is 2. The molecule has 2 amide bonds. The number of nitrogens with one attached hydrogen (secondary N) is 2. The second kappa shape index (κ2) is 24.0. The van der Waals surface area contributed by atoms with Crippen LogP contribution in [0.25, 0.3) is 0 Å². The summed E-state index contributed by atoms with van der Waals surface area (Å²) in [7, 11) is 0. The van der Waals surface area contributed by atoms with Crippen LogP contribution in [0.15, 0.2) is 71.8 Å². The van der Waals surface area contributed by atoms with Crippen LogP contribution in [0.1, 0.15) is 95.6 Å². The Bertz CT molecular complexity index is 2060. The first-order valence-corrected chi connectivity index (χ1v) is 22.2. The Morgan fingerprint density at radius 2 is 1.52 bits per heavy atom. The van der Waals surface area contributed by atoms with Crippen molar-refractivity contribution in [1.29, 1.82) is 0 Å². The molecule has 1 heterocycles. The van der Waals surface area contributed by atoms with Gasteiger partial charge in [-0.2, -0.15) is 0 Å². The number of Topliss-reactive ketones (excluding diaryl/α,β-unsaturated/α-hetero) is 1. The van der Waals surface area contributed by atoms with Crippen molar-refractivity contribution in [3.05, 3.63) is 82.9 Å². The fourth-order valence-corrected chi connectivity index (χ4v) is 10.6. The molecule has 1 saturated heterocycles. The molecule has 2 aromatic carbocycles. The largest absolute Gasteiger partial charge is 0.455 e. The molecule has 66 heavy (non-hydrogen) atoms. The first-order chi connectivity index (χ1) is 30.3. The van der Waals surface area contributed by atoms with Crippen molar-refractivity contribution in [1.82, 2.24) is 10.6 Å². The number of hydrogen-bond acceptors (Lipinski definition) is 14. The Labute approximate surface area is 458 Å². The molecule has 11 atom stereocenters. The summed E-state index contributed by atoms with van der Waals surface area (Å²) >= 11 is 0. The Hall–Kier alpha value is -1.67. The molecular formula is C48H64Ac2N2O14. The van der Waals surface area contributed by atoms with E-state index in [1.165, 1.54) is 6.92 Å². The molecule has 2 bridgehead atoms. The number of benzene rings is 2. The molecule has 6 rings (SSSR count). The van der Waals surface area contributed by atoms with Gasteiger partial charge in [-0.1, -0.05) is 76.2 Å². The van der Waals surface area contributed by atoms with Gasteiger partial charge in [0.05, 0.1) is 56.1 Å². The standard InChI is InChI=1S/C48H64N2O14.2Ac/c1-7-21-60-23-24-61-22-20-49-35(52)18-19-36(53)64-40(38(30-14-10-8-11-15-30)50-43(56)31-16-12-9-13-17-31)44(57)63-32-26-48(59)29(3)41-46(6,33(51)25-34-47(41,58)27-62-34)42(55)39(54)37(28(32)2)45(48,4)5;;/h8-17,29,32-34,38-41,51,54,58-59H,7,18-27H2,1-6H3,(H,49,52)(H,50,56);;/t29?,32?,33?,34?,38?,39?,40?,41?,46-,47+,48?;;/m1../s1. The van der Waals surface area contributed by atoms with Crippen LogP contribution in [0, 0.1) is 111 Å². The molecule has 356 valence electrons. The number of rotatable bonds is 18. The van der Waals surface area contributed by atoms with E-state index in [4.69, 9.17) is 23.7 Å². The molecule has 16 nitrogen and oxygen atoms in total. The van der Waals surface area contributed by atoms with Gasteiger partial charge in [0.1, 0.15) is 23.9 Å². The van der Waals surface area contributed by atoms with E-state index in [1.54, 1.807) is 88.4 Å². The quantitative estimate of drug-likeness (QED) is 0.0716. The maximum atomic E-state index is 14.8. The van der Waals surface area contributed by atoms with Crippen molar-refractivity contribution in [2.75, 3.05) is 39.6 Å². The van der Waals surface area contributed by atoms with Crippen molar-refractivity contribution >= 4 is 29.5 Å². The van der Waals surface area contributed by atoms with Gasteiger partial charge in [0, 0.05) is 137 Å². The molecule has 9 unspecified atom stereocenters. The summed E-state index contributed by atoms with van der Waals surface area (Å²) in [5.41, 5.74) is -5.57. The summed E-state index contributed by atoms with van der Waals surface area (Å²) in [5, 5.41) is 54.3. The molecule has 3 fully saturated rings. The molecule has 2 saturated carbocycles. The summed E-state index contributed by atoms with van der Waals surface area (Å²) < 4.78 is 28.6. The van der Waals surface area contributed by atoms with E-state index in [0.717, 1.165) is 6.42 Å². The summed E-state index contributed by atoms with van der Waals surface area (Å²) in [6.07, 6.45) is -7.36. The summed E-state index contributed by atoms with van der Waals surface area (Å²) in [6.45, 7) is 11.8. The van der Waals surface area contributed by atoms with E-state index >= 15 is 0 Å². The second-order valence-electron chi connectivity index (χ2n) is 18.3. The van der Waals surface area contributed by atoms with E-state index in [2.05, 4.69) is 10.6 Å². The molecule has 6 N–H and O–H groups in total. The van der Waals surface area contributed by atoms with Crippen LogP contribution >= 0.6 is 0 Å². The molecule has 3 aliphatic carbocycles. The molecular weight excluding hydrogens is 1280 g/mol. The summed E-state index contributed by atoms with van der Waals surface area (Å²) in [4.78, 5) is 69.6. The van der Waals surface area contributed by atoms with Crippen LogP contribution in [-0.4, -0.2) is 131 Å². The van der Waals surface area contributed by atoms with Gasteiger partial charge in [-0.3, -0.25) is 19.2 Å². The van der Waals surface area contributed by atoms with E-state index < -0.39 is 106 Å². The van der Waals surface area contributed by atoms with E-state index in [1.807, 2.05) is 6.92 Å². The van der Waals surface area contributed by atoms with Crippen LogP contribution in [0.4, 0.5) is 0 Å². The van der Waals surface area contributed by atoms with Crippen molar-refractivity contribution in [3.63, 3.8) is 0 Å². The van der Waals surface area contributed by atoms with E-state index in [0.29, 0.717) is 25.4 Å². The zero-order valence-corrected chi connectivity index (χ0v) is 48.2. The number of esters is 2. The number of ether oxygens (including phenoxy) is 5. The Morgan fingerprint density at radius 3 is 2.12 bits per heavy atom. The number of ketones is 1. The fraction of sp³-hybridized carbons (Fsp3) is 0.604. The first-order valence-electron chi connectivity index (χ1n) is 22.2. The van der Waals surface area contributed by atoms with Crippen molar-refractivity contribution in [2.45, 2.75) is 121 Å². The van der Waals surface area contributed by atoms with E-state index in [-0.39, 0.29) is 144 Å². The molecule has 1 aliphatic heterocycles. The monoisotopic (exact) mass is 1350 g/mol. The van der Waals surface area contributed by atoms with Crippen molar-refractivity contribution in [2.24, 2.45) is 22.7 Å². The average molecular weight is 1350 g/mol. The Balaban J connectivity index is 0.00000476. The zero-order valence-electron chi connectivity index (χ0n) is 38.7. The minimum Gasteiger partial charge on any atom is -0.455 e. The molecule has 0 aromatic heterocycles. The third kappa shape index (κ3) is 11.4. The van der Waals surface area contributed by atoms with Gasteiger partial charge in [0.25, 0.3) is 5.91 Å². The third-order valence-electron chi connectivity index (χ3n) is 14.2. The number of carbonyl (C=O) groups excluding carboxylic acids is 5. The van der Waals surface area contributed by atoms with E-state index in [9.17, 15) is 44.4 Å². The average Bonchev–Trinajstić information content (AvgIpc) is 3.27. The maximum absolute atomic E-state index is 14.8. The van der Waals surface area contributed by atoms with Crippen LogP contribution in [-0.2, 0) is 42.9 Å². The number of amides is 2. The van der Waals surface area contributed by atoms with Crippen LogP contribution in [0.2, 0.25) is 0 Å². The first kappa shape index (κ1) is 56.9. The number of fused-ring (bicyclic) bond motifs is 5. The molecule has 4 aliphatic rings. The molecule has 0 spiro atoms. The third-order valence-corrected chi connectivity index (χ3v) is 14.2. The Kier molecular flexibility index (Phi) is 20.7. The number of hydrogen-bond donors (Lipinski definition) is 6. The van der Waals surface area contributed by atoms with Crippen molar-refractivity contribution < 1.29 is 156 Å². The van der Waals surface area contributed by atoms with Gasteiger partial charge in [-0.15, -0.1) is 0 Å². The van der Waals surface area contributed by atoms with Gasteiger partial charge in [-0.25, -0.2) is 4.79 Å². The zero-order chi connectivity index (χ0) is 46.6. The van der Waals surface area contributed by atoms with Gasteiger partial charge in [0.2, 0.25) is 12.0 Å². The SMILES string of the molecule is CCCOCCOCCNC(=O)CCC(=O)OC(C(=O)OC1CC2(O)C(C)C3[C@]4(O)COC4CC(O)[C@@]3(C)C(=O)C(O)C(=C1C)C2(C)C)C(NC(=O)c1ccccc1)c1ccccc1.[Ac].[Ac]. The fourth-order valence-electron chi connectivity index (χ4n) is 10.6. The number of aliphatic hydroxyl groups is 4. The molecule has 2 aromatic rings. The predicted octanol–water partition coefficient (Wildman–Crippen LogP) is 2.90. The minimum atomic E-state index is -1.89. The summed E-state index contributed by atoms with van der Waals surface area (Å²) in [6, 6.07) is 15.2. The maximum Gasteiger partial charge on any atom is 0.350 e. The number of carbonyl (C=O) groups is 5. The Morgan fingerprint density at radius 1 is 0.894 bits per heavy atom. The molecule has 2 radical (unpaired) electrons.